The largest absolute Gasteiger partial charge is 0.468 e. The number of ether oxygens (including phenoxy) is 1. The van der Waals surface area contributed by atoms with Crippen LogP contribution < -0.4 is 0 Å². The van der Waals surface area contributed by atoms with E-state index in [1.54, 1.807) is 0 Å². The normalized spacial score (nSPS) is 18.8. The number of aromatic nitrogens is 2. The zero-order valence-corrected chi connectivity index (χ0v) is 13.5. The zero-order chi connectivity index (χ0) is 16.2. The summed E-state index contributed by atoms with van der Waals surface area (Å²) in [7, 11) is 1.43. The number of benzene rings is 1. The molecule has 2 aromatic rings. The van der Waals surface area contributed by atoms with Gasteiger partial charge in [0.1, 0.15) is 6.04 Å². The fraction of sp³-hybridized carbons (Fsp3) is 0.471. The van der Waals surface area contributed by atoms with Crippen molar-refractivity contribution >= 4 is 5.97 Å². The van der Waals surface area contributed by atoms with Crippen LogP contribution in [0.1, 0.15) is 30.7 Å². The first-order valence-electron chi connectivity index (χ1n) is 7.89. The third-order valence-electron chi connectivity index (χ3n) is 4.27. The van der Waals surface area contributed by atoms with Crippen molar-refractivity contribution in [2.45, 2.75) is 38.8 Å². The van der Waals surface area contributed by atoms with Gasteiger partial charge in [0.15, 0.2) is 5.82 Å². The molecule has 122 valence electrons. The molecule has 1 aromatic heterocycles. The minimum Gasteiger partial charge on any atom is -0.468 e. The Bertz CT molecular complexity index is 683. The lowest BCUT2D eigenvalue weighted by Crippen LogP contribution is -2.44. The molecule has 6 heteroatoms. The molecule has 1 aliphatic heterocycles. The number of nitrogens with zero attached hydrogens (tertiary/aromatic N) is 3. The van der Waals surface area contributed by atoms with Crippen LogP contribution in [0, 0.1) is 6.92 Å². The van der Waals surface area contributed by atoms with Crippen LogP contribution in [0.2, 0.25) is 0 Å². The second-order valence-electron chi connectivity index (χ2n) is 5.84. The number of likely N-dealkylation sites (tertiary alicyclic amines) is 1. The molecule has 1 aromatic carbocycles. The van der Waals surface area contributed by atoms with E-state index in [-0.39, 0.29) is 12.0 Å². The highest BCUT2D eigenvalue weighted by Crippen LogP contribution is 2.23. The third kappa shape index (κ3) is 3.42. The van der Waals surface area contributed by atoms with Gasteiger partial charge >= 0.3 is 5.97 Å². The number of hydrogen-bond acceptors (Lipinski definition) is 6. The molecule has 0 radical (unpaired) electrons. The van der Waals surface area contributed by atoms with Crippen LogP contribution >= 0.6 is 0 Å². The molecule has 1 aliphatic rings. The summed E-state index contributed by atoms with van der Waals surface area (Å²) in [6.07, 6.45) is 2.92. The van der Waals surface area contributed by atoms with Gasteiger partial charge in [0.25, 0.3) is 5.89 Å². The van der Waals surface area contributed by atoms with Gasteiger partial charge in [-0.25, -0.2) is 0 Å². The van der Waals surface area contributed by atoms with E-state index in [0.717, 1.165) is 36.9 Å². The highest BCUT2D eigenvalue weighted by molar-refractivity contribution is 5.75. The molecule has 0 N–H and O–H groups in total. The number of hydrogen-bond donors (Lipinski definition) is 0. The molecule has 1 fully saturated rings. The van der Waals surface area contributed by atoms with Crippen molar-refractivity contribution in [3.63, 3.8) is 0 Å². The summed E-state index contributed by atoms with van der Waals surface area (Å²) in [6, 6.07) is 7.69. The van der Waals surface area contributed by atoms with Crippen LogP contribution in [0.5, 0.6) is 0 Å². The molecule has 0 spiro atoms. The molecular weight excluding hydrogens is 294 g/mol. The predicted octanol–water partition coefficient (Wildman–Crippen LogP) is 2.57. The molecule has 0 amide bonds. The Hall–Kier alpha value is -2.21. The Labute approximate surface area is 135 Å². The summed E-state index contributed by atoms with van der Waals surface area (Å²) in [5, 5.41) is 4.07. The van der Waals surface area contributed by atoms with E-state index in [9.17, 15) is 4.79 Å². The van der Waals surface area contributed by atoms with Crippen molar-refractivity contribution < 1.29 is 14.1 Å². The minimum atomic E-state index is -0.214. The maximum Gasteiger partial charge on any atom is 0.323 e. The monoisotopic (exact) mass is 315 g/mol. The number of rotatable bonds is 4. The molecule has 0 aliphatic carbocycles. The van der Waals surface area contributed by atoms with Gasteiger partial charge in [0.2, 0.25) is 0 Å². The Morgan fingerprint density at radius 1 is 1.39 bits per heavy atom. The average molecular weight is 315 g/mol. The van der Waals surface area contributed by atoms with Gasteiger partial charge < -0.3 is 9.26 Å². The smallest absolute Gasteiger partial charge is 0.323 e. The highest BCUT2D eigenvalue weighted by Gasteiger charge is 2.30. The van der Waals surface area contributed by atoms with Gasteiger partial charge in [-0.1, -0.05) is 29.8 Å². The second-order valence-corrected chi connectivity index (χ2v) is 5.84. The maximum atomic E-state index is 11.9. The molecular formula is C17H21N3O3. The van der Waals surface area contributed by atoms with Crippen LogP contribution in [0.15, 0.2) is 28.8 Å². The Morgan fingerprint density at radius 2 is 2.22 bits per heavy atom. The SMILES string of the molecule is COC(=O)[C@@H]1CCCCN1Cc1noc(-c2ccccc2C)n1. The number of aryl methyl sites for hydroxylation is 1. The molecule has 1 saturated heterocycles. The van der Waals surface area contributed by atoms with Gasteiger partial charge in [-0.3, -0.25) is 9.69 Å². The fourth-order valence-electron chi connectivity index (χ4n) is 3.01. The highest BCUT2D eigenvalue weighted by atomic mass is 16.5. The minimum absolute atomic E-state index is 0.188. The molecule has 23 heavy (non-hydrogen) atoms. The number of piperidine rings is 1. The van der Waals surface area contributed by atoms with Crippen LogP contribution in [0.3, 0.4) is 0 Å². The van der Waals surface area contributed by atoms with Crippen molar-refractivity contribution in [2.24, 2.45) is 0 Å². The fourth-order valence-corrected chi connectivity index (χ4v) is 3.01. The molecule has 0 saturated carbocycles. The first-order valence-corrected chi connectivity index (χ1v) is 7.89. The van der Waals surface area contributed by atoms with Crippen molar-refractivity contribution in [3.05, 3.63) is 35.7 Å². The molecule has 3 rings (SSSR count). The maximum absolute atomic E-state index is 11.9. The Morgan fingerprint density at radius 3 is 3.00 bits per heavy atom. The Balaban J connectivity index is 1.75. The lowest BCUT2D eigenvalue weighted by molar-refractivity contribution is -0.148. The topological polar surface area (TPSA) is 68.5 Å². The summed E-state index contributed by atoms with van der Waals surface area (Å²) in [6.45, 7) is 3.35. The summed E-state index contributed by atoms with van der Waals surface area (Å²) in [5.41, 5.74) is 2.03. The molecule has 1 atom stereocenters. The molecule has 0 bridgehead atoms. The standard InChI is InChI=1S/C17H21N3O3/c1-12-7-3-4-8-13(12)16-18-15(19-23-16)11-20-10-6-5-9-14(20)17(21)22-2/h3-4,7-8,14H,5-6,9-11H2,1-2H3/t14-/m0/s1. The molecule has 6 nitrogen and oxygen atoms in total. The van der Waals surface area contributed by atoms with Crippen molar-refractivity contribution in [3.8, 4) is 11.5 Å². The van der Waals surface area contributed by atoms with Crippen LogP contribution in [-0.2, 0) is 16.1 Å². The van der Waals surface area contributed by atoms with E-state index >= 15 is 0 Å². The molecule has 0 unspecified atom stereocenters. The van der Waals surface area contributed by atoms with Crippen molar-refractivity contribution in [1.29, 1.82) is 0 Å². The summed E-state index contributed by atoms with van der Waals surface area (Å²) >= 11 is 0. The Kier molecular flexibility index (Phi) is 4.71. The number of methoxy groups -OCH3 is 1. The number of esters is 1. The van der Waals surface area contributed by atoms with E-state index in [2.05, 4.69) is 15.0 Å². The van der Waals surface area contributed by atoms with Gasteiger partial charge in [-0.05, 0) is 37.9 Å². The van der Waals surface area contributed by atoms with Gasteiger partial charge in [0, 0.05) is 5.56 Å². The lowest BCUT2D eigenvalue weighted by atomic mass is 10.0. The number of carbonyl (C=O) groups excluding carboxylic acids is 1. The average Bonchev–Trinajstić information content (AvgIpc) is 3.03. The summed E-state index contributed by atoms with van der Waals surface area (Å²) in [4.78, 5) is 18.5. The van der Waals surface area contributed by atoms with Crippen LogP contribution in [0.4, 0.5) is 0 Å². The summed E-state index contributed by atoms with van der Waals surface area (Å²) in [5.74, 6) is 0.927. The van der Waals surface area contributed by atoms with Gasteiger partial charge in [-0.2, -0.15) is 4.98 Å². The molecule has 2 heterocycles. The first kappa shape index (κ1) is 15.7. The quantitative estimate of drug-likeness (QED) is 0.808. The van der Waals surface area contributed by atoms with E-state index < -0.39 is 0 Å². The lowest BCUT2D eigenvalue weighted by Gasteiger charge is -2.32. The number of carbonyl (C=O) groups is 1. The van der Waals surface area contributed by atoms with Gasteiger partial charge in [-0.15, -0.1) is 0 Å². The van der Waals surface area contributed by atoms with Gasteiger partial charge in [0.05, 0.1) is 13.7 Å². The predicted molar refractivity (Wildman–Crippen MR) is 84.5 cm³/mol. The van der Waals surface area contributed by atoms with Crippen molar-refractivity contribution in [2.75, 3.05) is 13.7 Å². The van der Waals surface area contributed by atoms with Crippen LogP contribution in [0.25, 0.3) is 11.5 Å². The first-order chi connectivity index (χ1) is 11.2. The second kappa shape index (κ2) is 6.91. The van der Waals surface area contributed by atoms with Crippen molar-refractivity contribution in [1.82, 2.24) is 15.0 Å². The zero-order valence-electron chi connectivity index (χ0n) is 13.5. The van der Waals surface area contributed by atoms with E-state index in [4.69, 9.17) is 9.26 Å². The summed E-state index contributed by atoms with van der Waals surface area (Å²) < 4.78 is 10.3. The van der Waals surface area contributed by atoms with E-state index in [1.807, 2.05) is 31.2 Å². The van der Waals surface area contributed by atoms with E-state index in [1.165, 1.54) is 7.11 Å². The van der Waals surface area contributed by atoms with E-state index in [0.29, 0.717) is 18.3 Å². The third-order valence-corrected chi connectivity index (χ3v) is 4.27. The van der Waals surface area contributed by atoms with Crippen LogP contribution in [-0.4, -0.2) is 40.7 Å².